The van der Waals surface area contributed by atoms with Gasteiger partial charge in [0, 0.05) is 45.0 Å². The third-order valence-corrected chi connectivity index (χ3v) is 8.91. The average Bonchev–Trinajstić information content (AvgIpc) is 3.24. The lowest BCUT2D eigenvalue weighted by Gasteiger charge is -2.42. The van der Waals surface area contributed by atoms with Gasteiger partial charge in [-0.25, -0.2) is 18.2 Å². The Morgan fingerprint density at radius 1 is 1.21 bits per heavy atom. The molecule has 1 unspecified atom stereocenters. The van der Waals surface area contributed by atoms with E-state index in [0.717, 1.165) is 23.5 Å². The number of hydrogen-bond acceptors (Lipinski definition) is 7. The van der Waals surface area contributed by atoms with Gasteiger partial charge in [0.15, 0.2) is 5.13 Å². The summed E-state index contributed by atoms with van der Waals surface area (Å²) in [5, 5.41) is 3.45. The molecule has 34 heavy (non-hydrogen) atoms. The molecule has 2 aromatic rings. The van der Waals surface area contributed by atoms with E-state index < -0.39 is 10.0 Å². The summed E-state index contributed by atoms with van der Waals surface area (Å²) in [6.07, 6.45) is 1.40. The number of sulfonamides is 1. The predicted octanol–water partition coefficient (Wildman–Crippen LogP) is 3.47. The first-order chi connectivity index (χ1) is 15.9. The van der Waals surface area contributed by atoms with Crippen LogP contribution in [-0.2, 0) is 10.0 Å². The van der Waals surface area contributed by atoms with E-state index in [0.29, 0.717) is 23.9 Å². The number of benzene rings is 1. The third kappa shape index (κ3) is 4.93. The fourth-order valence-corrected chi connectivity index (χ4v) is 6.83. The van der Waals surface area contributed by atoms with E-state index in [2.05, 4.69) is 40.7 Å². The highest BCUT2D eigenvalue weighted by Crippen LogP contribution is 2.37. The first-order valence-electron chi connectivity index (χ1n) is 11.5. The molecular weight excluding hydrogens is 472 g/mol. The zero-order valence-electron chi connectivity index (χ0n) is 20.6. The number of nitrogens with one attached hydrogen (secondary N) is 2. The van der Waals surface area contributed by atoms with Crippen molar-refractivity contribution in [3.05, 3.63) is 24.4 Å². The predicted molar refractivity (Wildman–Crippen MR) is 137 cm³/mol. The summed E-state index contributed by atoms with van der Waals surface area (Å²) in [6, 6.07) is 5.16. The van der Waals surface area contributed by atoms with Gasteiger partial charge in [-0.05, 0) is 44.4 Å². The molecule has 9 nitrogen and oxygen atoms in total. The molecule has 0 aliphatic carbocycles. The standard InChI is InChI=1S/C23H34N6O3S2/c1-15(2)20-26-34(31,32)19-8-7-16(13-17(19)27(20)6)18-14-24-21(33-18)25-22(30)28-9-11-29(12-10-28)23(3,4)5/h7-8,13-15,20,26H,9-12H2,1-6H3,(H,24,25,30). The Labute approximate surface area is 206 Å². The number of piperazine rings is 1. The van der Waals surface area contributed by atoms with E-state index in [9.17, 15) is 13.2 Å². The van der Waals surface area contributed by atoms with E-state index in [1.54, 1.807) is 18.3 Å². The molecule has 0 saturated carbocycles. The van der Waals surface area contributed by atoms with Gasteiger partial charge in [-0.2, -0.15) is 4.72 Å². The van der Waals surface area contributed by atoms with Crippen LogP contribution in [0.4, 0.5) is 15.6 Å². The van der Waals surface area contributed by atoms with Crippen molar-refractivity contribution in [2.75, 3.05) is 43.4 Å². The lowest BCUT2D eigenvalue weighted by molar-refractivity contribution is 0.0774. The number of nitrogens with zero attached hydrogens (tertiary/aromatic N) is 4. The molecule has 186 valence electrons. The van der Waals surface area contributed by atoms with Crippen molar-refractivity contribution in [2.24, 2.45) is 5.92 Å². The molecule has 1 atom stereocenters. The number of rotatable bonds is 3. The molecule has 2 aliphatic heterocycles. The van der Waals surface area contributed by atoms with E-state index in [-0.39, 0.29) is 28.5 Å². The molecule has 3 heterocycles. The highest BCUT2D eigenvalue weighted by molar-refractivity contribution is 7.89. The minimum Gasteiger partial charge on any atom is -0.357 e. The third-order valence-electron chi connectivity index (χ3n) is 6.47. The molecule has 1 fully saturated rings. The Morgan fingerprint density at radius 2 is 1.88 bits per heavy atom. The normalized spacial score (nSPS) is 21.0. The van der Waals surface area contributed by atoms with Gasteiger partial charge in [-0.3, -0.25) is 10.2 Å². The molecule has 0 spiro atoms. The summed E-state index contributed by atoms with van der Waals surface area (Å²) in [6.45, 7) is 13.6. The molecule has 2 aliphatic rings. The largest absolute Gasteiger partial charge is 0.357 e. The van der Waals surface area contributed by atoms with Crippen molar-refractivity contribution in [2.45, 2.75) is 51.2 Å². The smallest absolute Gasteiger partial charge is 0.323 e. The van der Waals surface area contributed by atoms with Gasteiger partial charge in [0.25, 0.3) is 0 Å². The molecule has 2 amide bonds. The number of urea groups is 1. The summed E-state index contributed by atoms with van der Waals surface area (Å²) in [4.78, 5) is 24.4. The highest BCUT2D eigenvalue weighted by atomic mass is 32.2. The van der Waals surface area contributed by atoms with Crippen molar-refractivity contribution in [3.63, 3.8) is 0 Å². The molecule has 4 rings (SSSR count). The van der Waals surface area contributed by atoms with Gasteiger partial charge >= 0.3 is 6.03 Å². The minimum atomic E-state index is -3.57. The number of thiazole rings is 1. The van der Waals surface area contributed by atoms with Crippen LogP contribution in [0.3, 0.4) is 0 Å². The molecule has 0 radical (unpaired) electrons. The average molecular weight is 507 g/mol. The number of aromatic nitrogens is 1. The maximum Gasteiger partial charge on any atom is 0.323 e. The number of carbonyl (C=O) groups excluding carboxylic acids is 1. The highest BCUT2D eigenvalue weighted by Gasteiger charge is 2.35. The van der Waals surface area contributed by atoms with Crippen molar-refractivity contribution in [1.82, 2.24) is 19.5 Å². The summed E-state index contributed by atoms with van der Waals surface area (Å²) in [5.74, 6) is 0.104. The molecule has 1 aromatic carbocycles. The number of hydrogen-bond donors (Lipinski definition) is 2. The van der Waals surface area contributed by atoms with Gasteiger partial charge in [-0.15, -0.1) is 0 Å². The summed E-state index contributed by atoms with van der Waals surface area (Å²) >= 11 is 1.38. The van der Waals surface area contributed by atoms with Crippen LogP contribution in [0.15, 0.2) is 29.3 Å². The van der Waals surface area contributed by atoms with Crippen molar-refractivity contribution >= 4 is 38.2 Å². The topological polar surface area (TPSA) is 97.9 Å². The van der Waals surface area contributed by atoms with E-state index in [1.165, 1.54) is 11.3 Å². The molecule has 2 N–H and O–H groups in total. The first-order valence-corrected chi connectivity index (χ1v) is 13.8. The lowest BCUT2D eigenvalue weighted by Crippen LogP contribution is -2.55. The molecule has 1 saturated heterocycles. The second kappa shape index (κ2) is 9.10. The number of anilines is 2. The van der Waals surface area contributed by atoms with Gasteiger partial charge in [0.05, 0.1) is 16.7 Å². The van der Waals surface area contributed by atoms with E-state index in [1.807, 2.05) is 36.8 Å². The number of carbonyl (C=O) groups is 1. The van der Waals surface area contributed by atoms with Crippen molar-refractivity contribution in [1.29, 1.82) is 0 Å². The minimum absolute atomic E-state index is 0.0975. The Hall–Kier alpha value is -2.21. The Balaban J connectivity index is 1.48. The second-order valence-electron chi connectivity index (χ2n) is 10.2. The maximum atomic E-state index is 12.8. The fraction of sp³-hybridized carbons (Fsp3) is 0.565. The van der Waals surface area contributed by atoms with Crippen LogP contribution in [0.1, 0.15) is 34.6 Å². The first kappa shape index (κ1) is 24.9. The van der Waals surface area contributed by atoms with E-state index >= 15 is 0 Å². The van der Waals surface area contributed by atoms with Crippen LogP contribution in [0.2, 0.25) is 0 Å². The van der Waals surface area contributed by atoms with Crippen LogP contribution < -0.4 is 14.9 Å². The fourth-order valence-electron chi connectivity index (χ4n) is 4.42. The van der Waals surface area contributed by atoms with Gasteiger partial charge in [-0.1, -0.05) is 31.3 Å². The van der Waals surface area contributed by atoms with Gasteiger partial charge < -0.3 is 9.80 Å². The van der Waals surface area contributed by atoms with E-state index in [4.69, 9.17) is 0 Å². The molecule has 1 aromatic heterocycles. The summed E-state index contributed by atoms with van der Waals surface area (Å²) in [5.41, 5.74) is 1.62. The zero-order chi connectivity index (χ0) is 24.8. The quantitative estimate of drug-likeness (QED) is 0.662. The van der Waals surface area contributed by atoms with Crippen LogP contribution >= 0.6 is 11.3 Å². The monoisotopic (exact) mass is 506 g/mol. The summed E-state index contributed by atoms with van der Waals surface area (Å²) < 4.78 is 28.2. The number of fused-ring (bicyclic) bond motifs is 1. The maximum absolute atomic E-state index is 12.8. The van der Waals surface area contributed by atoms with Crippen LogP contribution in [0.25, 0.3) is 10.4 Å². The van der Waals surface area contributed by atoms with Crippen LogP contribution in [0.5, 0.6) is 0 Å². The van der Waals surface area contributed by atoms with Crippen molar-refractivity contribution < 1.29 is 13.2 Å². The second-order valence-corrected chi connectivity index (χ2v) is 12.9. The Morgan fingerprint density at radius 3 is 2.50 bits per heavy atom. The van der Waals surface area contributed by atoms with Crippen LogP contribution in [-0.4, -0.2) is 74.2 Å². The van der Waals surface area contributed by atoms with Crippen molar-refractivity contribution in [3.8, 4) is 10.4 Å². The van der Waals surface area contributed by atoms with Gasteiger partial charge in [0.1, 0.15) is 4.90 Å². The Kier molecular flexibility index (Phi) is 6.67. The Bertz CT molecular complexity index is 1160. The molecule has 0 bridgehead atoms. The SMILES string of the molecule is CC(C)C1NS(=O)(=O)c2ccc(-c3cnc(NC(=O)N4CCN(C(C)(C)C)CC4)s3)cc2N1C. The number of amides is 2. The van der Waals surface area contributed by atoms with Gasteiger partial charge in [0.2, 0.25) is 10.0 Å². The van der Waals surface area contributed by atoms with Crippen LogP contribution in [0, 0.1) is 5.92 Å². The zero-order valence-corrected chi connectivity index (χ0v) is 22.3. The molecule has 11 heteroatoms. The molecular formula is C23H34N6O3S2. The lowest BCUT2D eigenvalue weighted by atomic mass is 10.1. The summed E-state index contributed by atoms with van der Waals surface area (Å²) in [7, 11) is -1.68.